The number of methoxy groups -OCH3 is 1. The Balaban J connectivity index is 2.51. The molecule has 1 unspecified atom stereocenters. The maximum atomic E-state index is 6.41. The monoisotopic (exact) mass is 241 g/mol. The largest absolute Gasteiger partial charge is 0.496 e. The first-order chi connectivity index (χ1) is 8.65. The summed E-state index contributed by atoms with van der Waals surface area (Å²) in [6.45, 7) is 4.19. The van der Waals surface area contributed by atoms with Gasteiger partial charge in [0, 0.05) is 5.56 Å². The highest BCUT2D eigenvalue weighted by Gasteiger charge is 2.16. The summed E-state index contributed by atoms with van der Waals surface area (Å²) in [5.74, 6) is 0.840. The van der Waals surface area contributed by atoms with Crippen molar-refractivity contribution in [3.05, 3.63) is 64.7 Å². The fourth-order valence-corrected chi connectivity index (χ4v) is 2.40. The Hall–Kier alpha value is -1.80. The van der Waals surface area contributed by atoms with E-state index in [0.29, 0.717) is 0 Å². The minimum absolute atomic E-state index is 0.151. The van der Waals surface area contributed by atoms with E-state index in [1.165, 1.54) is 16.7 Å². The van der Waals surface area contributed by atoms with Gasteiger partial charge in [0.05, 0.1) is 13.2 Å². The van der Waals surface area contributed by atoms with Crippen LogP contribution >= 0.6 is 0 Å². The molecule has 0 fully saturated rings. The Morgan fingerprint density at radius 1 is 0.944 bits per heavy atom. The Kier molecular flexibility index (Phi) is 3.68. The third-order valence-electron chi connectivity index (χ3n) is 3.33. The van der Waals surface area contributed by atoms with E-state index in [2.05, 4.69) is 32.0 Å². The van der Waals surface area contributed by atoms with E-state index in [4.69, 9.17) is 10.5 Å². The third-order valence-corrected chi connectivity index (χ3v) is 3.33. The molecule has 18 heavy (non-hydrogen) atoms. The summed E-state index contributed by atoms with van der Waals surface area (Å²) >= 11 is 0. The molecule has 0 spiro atoms. The molecule has 2 aromatic rings. The fourth-order valence-electron chi connectivity index (χ4n) is 2.40. The van der Waals surface area contributed by atoms with Gasteiger partial charge >= 0.3 is 0 Å². The van der Waals surface area contributed by atoms with Crippen molar-refractivity contribution in [2.24, 2.45) is 5.73 Å². The number of aryl methyl sites for hydroxylation is 2. The van der Waals surface area contributed by atoms with Crippen LogP contribution in [0.25, 0.3) is 0 Å². The minimum Gasteiger partial charge on any atom is -0.496 e. The number of nitrogens with two attached hydrogens (primary N) is 1. The summed E-state index contributed by atoms with van der Waals surface area (Å²) in [7, 11) is 1.68. The summed E-state index contributed by atoms with van der Waals surface area (Å²) < 4.78 is 5.39. The molecule has 0 radical (unpaired) electrons. The molecule has 0 aliphatic rings. The van der Waals surface area contributed by atoms with Crippen molar-refractivity contribution in [3.8, 4) is 5.75 Å². The molecule has 2 nitrogen and oxygen atoms in total. The SMILES string of the molecule is COc1ccccc1C(N)c1c(C)cccc1C. The van der Waals surface area contributed by atoms with E-state index in [1.54, 1.807) is 7.11 Å². The second kappa shape index (κ2) is 5.23. The zero-order valence-electron chi connectivity index (χ0n) is 11.1. The first kappa shape index (κ1) is 12.7. The van der Waals surface area contributed by atoms with Gasteiger partial charge in [-0.25, -0.2) is 0 Å². The van der Waals surface area contributed by atoms with Crippen LogP contribution < -0.4 is 10.5 Å². The van der Waals surface area contributed by atoms with E-state index in [-0.39, 0.29) is 6.04 Å². The minimum atomic E-state index is -0.151. The lowest BCUT2D eigenvalue weighted by Crippen LogP contribution is -2.15. The van der Waals surface area contributed by atoms with Crippen LogP contribution in [-0.4, -0.2) is 7.11 Å². The van der Waals surface area contributed by atoms with Gasteiger partial charge in [-0.3, -0.25) is 0 Å². The Labute approximate surface area is 108 Å². The standard InChI is InChI=1S/C16H19NO/c1-11-7-6-8-12(2)15(11)16(17)13-9-4-5-10-14(13)18-3/h4-10,16H,17H2,1-3H3. The molecule has 2 N–H and O–H groups in total. The van der Waals surface area contributed by atoms with E-state index >= 15 is 0 Å². The molecule has 1 atom stereocenters. The summed E-state index contributed by atoms with van der Waals surface area (Å²) in [6, 6.07) is 14.0. The van der Waals surface area contributed by atoms with Gasteiger partial charge in [-0.15, -0.1) is 0 Å². The molecule has 0 aromatic heterocycles. The Morgan fingerprint density at radius 2 is 1.56 bits per heavy atom. The third kappa shape index (κ3) is 2.24. The molecular formula is C16H19NO. The summed E-state index contributed by atoms with van der Waals surface area (Å²) in [6.07, 6.45) is 0. The van der Waals surface area contributed by atoms with Gasteiger partial charge in [-0.05, 0) is 36.6 Å². The number of hydrogen-bond acceptors (Lipinski definition) is 2. The Bertz CT molecular complexity index is 528. The van der Waals surface area contributed by atoms with E-state index in [9.17, 15) is 0 Å². The van der Waals surface area contributed by atoms with Gasteiger partial charge in [0.2, 0.25) is 0 Å². The van der Waals surface area contributed by atoms with Crippen LogP contribution in [0.1, 0.15) is 28.3 Å². The van der Waals surface area contributed by atoms with Crippen LogP contribution in [0.4, 0.5) is 0 Å². The van der Waals surface area contributed by atoms with Crippen molar-refractivity contribution in [2.75, 3.05) is 7.11 Å². The topological polar surface area (TPSA) is 35.2 Å². The van der Waals surface area contributed by atoms with Gasteiger partial charge in [0.15, 0.2) is 0 Å². The second-order valence-corrected chi connectivity index (χ2v) is 4.53. The summed E-state index contributed by atoms with van der Waals surface area (Å²) in [5.41, 5.74) is 11.1. The highest BCUT2D eigenvalue weighted by molar-refractivity contribution is 5.46. The molecule has 0 aliphatic heterocycles. The molecular weight excluding hydrogens is 222 g/mol. The molecule has 2 rings (SSSR count). The lowest BCUT2D eigenvalue weighted by molar-refractivity contribution is 0.408. The average molecular weight is 241 g/mol. The normalized spacial score (nSPS) is 12.2. The van der Waals surface area contributed by atoms with Crippen LogP contribution in [0, 0.1) is 13.8 Å². The van der Waals surface area contributed by atoms with Gasteiger partial charge in [0.1, 0.15) is 5.75 Å². The second-order valence-electron chi connectivity index (χ2n) is 4.53. The van der Waals surface area contributed by atoms with Crippen molar-refractivity contribution in [1.29, 1.82) is 0 Å². The molecule has 0 saturated carbocycles. The van der Waals surface area contributed by atoms with Crippen molar-refractivity contribution in [3.63, 3.8) is 0 Å². The number of benzene rings is 2. The van der Waals surface area contributed by atoms with E-state index in [0.717, 1.165) is 11.3 Å². The van der Waals surface area contributed by atoms with Crippen molar-refractivity contribution >= 4 is 0 Å². The average Bonchev–Trinajstić information content (AvgIpc) is 2.38. The highest BCUT2D eigenvalue weighted by atomic mass is 16.5. The van der Waals surface area contributed by atoms with Crippen LogP contribution in [0.3, 0.4) is 0 Å². The zero-order valence-corrected chi connectivity index (χ0v) is 11.1. The lowest BCUT2D eigenvalue weighted by Gasteiger charge is -2.20. The maximum Gasteiger partial charge on any atom is 0.123 e. The zero-order chi connectivity index (χ0) is 13.1. The van der Waals surface area contributed by atoms with Gasteiger partial charge in [-0.1, -0.05) is 36.4 Å². The van der Waals surface area contributed by atoms with Gasteiger partial charge in [-0.2, -0.15) is 0 Å². The highest BCUT2D eigenvalue weighted by Crippen LogP contribution is 2.31. The number of para-hydroxylation sites is 1. The first-order valence-electron chi connectivity index (χ1n) is 6.09. The molecule has 0 bridgehead atoms. The van der Waals surface area contributed by atoms with Crippen molar-refractivity contribution < 1.29 is 4.74 Å². The Morgan fingerprint density at radius 3 is 2.17 bits per heavy atom. The van der Waals surface area contributed by atoms with E-state index in [1.807, 2.05) is 24.3 Å². The molecule has 94 valence electrons. The molecule has 0 saturated heterocycles. The van der Waals surface area contributed by atoms with Crippen molar-refractivity contribution in [1.82, 2.24) is 0 Å². The van der Waals surface area contributed by atoms with Crippen LogP contribution in [0.2, 0.25) is 0 Å². The maximum absolute atomic E-state index is 6.41. The molecule has 0 amide bonds. The van der Waals surface area contributed by atoms with Gasteiger partial charge < -0.3 is 10.5 Å². The number of rotatable bonds is 3. The van der Waals surface area contributed by atoms with Crippen LogP contribution in [0.15, 0.2) is 42.5 Å². The summed E-state index contributed by atoms with van der Waals surface area (Å²) in [5, 5.41) is 0. The quantitative estimate of drug-likeness (QED) is 0.894. The van der Waals surface area contributed by atoms with E-state index < -0.39 is 0 Å². The summed E-state index contributed by atoms with van der Waals surface area (Å²) in [4.78, 5) is 0. The van der Waals surface area contributed by atoms with Crippen molar-refractivity contribution in [2.45, 2.75) is 19.9 Å². The smallest absolute Gasteiger partial charge is 0.123 e. The first-order valence-corrected chi connectivity index (χ1v) is 6.09. The molecule has 2 heteroatoms. The molecule has 2 aromatic carbocycles. The van der Waals surface area contributed by atoms with Crippen LogP contribution in [0.5, 0.6) is 5.75 Å². The fraction of sp³-hybridized carbons (Fsp3) is 0.250. The molecule has 0 heterocycles. The number of ether oxygens (including phenoxy) is 1. The number of hydrogen-bond donors (Lipinski definition) is 1. The lowest BCUT2D eigenvalue weighted by atomic mass is 9.91. The van der Waals surface area contributed by atoms with Crippen LogP contribution in [-0.2, 0) is 0 Å². The molecule has 0 aliphatic carbocycles. The van der Waals surface area contributed by atoms with Gasteiger partial charge in [0.25, 0.3) is 0 Å². The predicted molar refractivity (Wildman–Crippen MR) is 74.9 cm³/mol. The predicted octanol–water partition coefficient (Wildman–Crippen LogP) is 3.36.